The van der Waals surface area contributed by atoms with Crippen molar-refractivity contribution in [1.29, 1.82) is 0 Å². The van der Waals surface area contributed by atoms with Crippen molar-refractivity contribution >= 4 is 39.3 Å². The second kappa shape index (κ2) is 7.51. The topological polar surface area (TPSA) is 87.3 Å². The van der Waals surface area contributed by atoms with Crippen molar-refractivity contribution in [1.82, 2.24) is 10.6 Å². The molecule has 3 amide bonds. The Kier molecular flexibility index (Phi) is 5.68. The van der Waals surface area contributed by atoms with Crippen LogP contribution in [0.15, 0.2) is 22.7 Å². The third kappa shape index (κ3) is 4.38. The highest BCUT2D eigenvalue weighted by Gasteiger charge is 2.25. The summed E-state index contributed by atoms with van der Waals surface area (Å²) in [6, 6.07) is 5.34. The predicted molar refractivity (Wildman–Crippen MR) is 86.3 cm³/mol. The number of aryl methyl sites for hydroxylation is 1. The van der Waals surface area contributed by atoms with Crippen molar-refractivity contribution in [3.63, 3.8) is 0 Å². The van der Waals surface area contributed by atoms with E-state index in [2.05, 4.69) is 31.9 Å². The summed E-state index contributed by atoms with van der Waals surface area (Å²) in [5.41, 5.74) is 1.51. The van der Waals surface area contributed by atoms with Crippen LogP contribution in [-0.4, -0.2) is 30.8 Å². The zero-order valence-corrected chi connectivity index (χ0v) is 13.8. The number of hydrogen-bond acceptors (Lipinski definition) is 4. The molecule has 0 spiro atoms. The Morgan fingerprint density at radius 1 is 1.18 bits per heavy atom. The Morgan fingerprint density at radius 2 is 1.86 bits per heavy atom. The van der Waals surface area contributed by atoms with Gasteiger partial charge in [0, 0.05) is 10.4 Å². The highest BCUT2D eigenvalue weighted by molar-refractivity contribution is 9.10. The fraction of sp³-hybridized carbons (Fsp3) is 0.400. The molecule has 22 heavy (non-hydrogen) atoms. The summed E-state index contributed by atoms with van der Waals surface area (Å²) in [4.78, 5) is 35.6. The Bertz CT molecular complexity index is 598. The lowest BCUT2D eigenvalue weighted by atomic mass is 9.97. The molecule has 0 radical (unpaired) electrons. The first-order valence-electron chi connectivity index (χ1n) is 7.10. The fourth-order valence-electron chi connectivity index (χ4n) is 2.26. The van der Waals surface area contributed by atoms with E-state index in [1.165, 1.54) is 0 Å². The van der Waals surface area contributed by atoms with Crippen LogP contribution in [0.25, 0.3) is 0 Å². The van der Waals surface area contributed by atoms with Gasteiger partial charge in [0.05, 0.1) is 5.69 Å². The quantitative estimate of drug-likeness (QED) is 0.688. The number of piperidine rings is 1. The number of imide groups is 1. The molecule has 118 valence electrons. The number of nitrogens with one attached hydrogen (secondary N) is 3. The number of amides is 3. The summed E-state index contributed by atoms with van der Waals surface area (Å²) in [5.74, 6) is -2.39. The van der Waals surface area contributed by atoms with Crippen LogP contribution in [0, 0.1) is 12.8 Å². The monoisotopic (exact) mass is 367 g/mol. The summed E-state index contributed by atoms with van der Waals surface area (Å²) in [7, 11) is 0. The van der Waals surface area contributed by atoms with Gasteiger partial charge in [-0.2, -0.15) is 0 Å². The molecular weight excluding hydrogens is 350 g/mol. The number of halogens is 1. The Morgan fingerprint density at radius 3 is 2.50 bits per heavy atom. The zero-order valence-electron chi connectivity index (χ0n) is 12.2. The lowest BCUT2D eigenvalue weighted by molar-refractivity contribution is -0.141. The van der Waals surface area contributed by atoms with Gasteiger partial charge in [-0.1, -0.05) is 6.07 Å². The van der Waals surface area contributed by atoms with Crippen LogP contribution in [0.4, 0.5) is 5.69 Å². The minimum absolute atomic E-state index is 0.218. The van der Waals surface area contributed by atoms with Gasteiger partial charge in [0.2, 0.25) is 5.91 Å². The molecular formula is C15H18BrN3O3. The van der Waals surface area contributed by atoms with E-state index in [9.17, 15) is 14.4 Å². The van der Waals surface area contributed by atoms with Crippen molar-refractivity contribution in [3.8, 4) is 0 Å². The minimum atomic E-state index is -0.934. The van der Waals surface area contributed by atoms with E-state index in [0.29, 0.717) is 23.0 Å². The molecule has 7 heteroatoms. The van der Waals surface area contributed by atoms with Gasteiger partial charge in [0.15, 0.2) is 0 Å². The summed E-state index contributed by atoms with van der Waals surface area (Å²) >= 11 is 3.32. The number of anilines is 1. The molecule has 1 aliphatic heterocycles. The Balaban J connectivity index is 1.91. The average Bonchev–Trinajstić information content (AvgIpc) is 2.50. The van der Waals surface area contributed by atoms with Gasteiger partial charge < -0.3 is 10.6 Å². The molecule has 0 saturated carbocycles. The number of carbonyl (C=O) groups is 3. The van der Waals surface area contributed by atoms with Crippen LogP contribution in [0.3, 0.4) is 0 Å². The van der Waals surface area contributed by atoms with Gasteiger partial charge in [-0.3, -0.25) is 19.7 Å². The van der Waals surface area contributed by atoms with E-state index >= 15 is 0 Å². The first-order chi connectivity index (χ1) is 10.5. The van der Waals surface area contributed by atoms with Gasteiger partial charge in [-0.25, -0.2) is 0 Å². The standard InChI is InChI=1S/C15H18BrN3O3/c1-9-2-3-12(11(16)8-9)18-14(21)15(22)19-13(20)10-4-6-17-7-5-10/h2-3,8,10,17H,4-7H2,1H3,(H,18,21)(H,19,20,22). The number of benzene rings is 1. The van der Waals surface area contributed by atoms with Crippen LogP contribution in [0.1, 0.15) is 18.4 Å². The summed E-state index contributed by atoms with van der Waals surface area (Å²) in [6.45, 7) is 3.41. The van der Waals surface area contributed by atoms with Gasteiger partial charge >= 0.3 is 11.8 Å². The lowest BCUT2D eigenvalue weighted by Gasteiger charge is -2.21. The van der Waals surface area contributed by atoms with Crippen molar-refractivity contribution < 1.29 is 14.4 Å². The van der Waals surface area contributed by atoms with Crippen LogP contribution in [-0.2, 0) is 14.4 Å². The Hall–Kier alpha value is -1.73. The van der Waals surface area contributed by atoms with Crippen molar-refractivity contribution in [2.45, 2.75) is 19.8 Å². The fourth-order valence-corrected chi connectivity index (χ4v) is 2.85. The van der Waals surface area contributed by atoms with E-state index < -0.39 is 11.8 Å². The first-order valence-corrected chi connectivity index (χ1v) is 7.89. The van der Waals surface area contributed by atoms with Crippen LogP contribution >= 0.6 is 15.9 Å². The lowest BCUT2D eigenvalue weighted by Crippen LogP contribution is -2.44. The molecule has 1 aromatic carbocycles. The molecule has 1 aliphatic rings. The Labute approximate surface area is 137 Å². The van der Waals surface area contributed by atoms with Crippen molar-refractivity contribution in [2.75, 3.05) is 18.4 Å². The third-order valence-electron chi connectivity index (χ3n) is 3.53. The van der Waals surface area contributed by atoms with E-state index in [1.807, 2.05) is 19.1 Å². The van der Waals surface area contributed by atoms with E-state index in [-0.39, 0.29) is 11.8 Å². The normalized spacial score (nSPS) is 15.2. The average molecular weight is 368 g/mol. The number of carbonyl (C=O) groups excluding carboxylic acids is 3. The molecule has 3 N–H and O–H groups in total. The van der Waals surface area contributed by atoms with Crippen molar-refractivity contribution in [3.05, 3.63) is 28.2 Å². The third-order valence-corrected chi connectivity index (χ3v) is 4.18. The summed E-state index contributed by atoms with van der Waals surface area (Å²) < 4.78 is 0.679. The maximum atomic E-state index is 11.9. The smallest absolute Gasteiger partial charge is 0.316 e. The zero-order chi connectivity index (χ0) is 16.1. The van der Waals surface area contributed by atoms with E-state index in [1.54, 1.807) is 6.07 Å². The van der Waals surface area contributed by atoms with Gasteiger partial charge in [-0.15, -0.1) is 0 Å². The van der Waals surface area contributed by atoms with E-state index in [0.717, 1.165) is 18.7 Å². The van der Waals surface area contributed by atoms with Crippen LogP contribution in [0.2, 0.25) is 0 Å². The molecule has 6 nitrogen and oxygen atoms in total. The first kappa shape index (κ1) is 16.6. The largest absolute Gasteiger partial charge is 0.317 e. The minimum Gasteiger partial charge on any atom is -0.317 e. The maximum Gasteiger partial charge on any atom is 0.316 e. The molecule has 0 aliphatic carbocycles. The second-order valence-electron chi connectivity index (χ2n) is 5.28. The second-order valence-corrected chi connectivity index (χ2v) is 6.13. The van der Waals surface area contributed by atoms with Gasteiger partial charge in [0.25, 0.3) is 0 Å². The van der Waals surface area contributed by atoms with Crippen LogP contribution in [0.5, 0.6) is 0 Å². The molecule has 2 rings (SSSR count). The SMILES string of the molecule is Cc1ccc(NC(=O)C(=O)NC(=O)C2CCNCC2)c(Br)c1. The maximum absolute atomic E-state index is 11.9. The molecule has 1 aromatic rings. The molecule has 0 unspecified atom stereocenters. The summed E-state index contributed by atoms with van der Waals surface area (Å²) in [6.07, 6.45) is 1.34. The molecule has 1 saturated heterocycles. The highest BCUT2D eigenvalue weighted by atomic mass is 79.9. The molecule has 0 aromatic heterocycles. The summed E-state index contributed by atoms with van der Waals surface area (Å²) in [5, 5.41) is 7.79. The van der Waals surface area contributed by atoms with Gasteiger partial charge in [0.1, 0.15) is 0 Å². The molecule has 0 bridgehead atoms. The molecule has 1 heterocycles. The molecule has 1 fully saturated rings. The number of rotatable bonds is 2. The number of hydrogen-bond donors (Lipinski definition) is 3. The molecule has 0 atom stereocenters. The van der Waals surface area contributed by atoms with Gasteiger partial charge in [-0.05, 0) is 66.5 Å². The van der Waals surface area contributed by atoms with E-state index in [4.69, 9.17) is 0 Å². The predicted octanol–water partition coefficient (Wildman–Crippen LogP) is 1.34. The highest BCUT2D eigenvalue weighted by Crippen LogP contribution is 2.23. The van der Waals surface area contributed by atoms with Crippen molar-refractivity contribution in [2.24, 2.45) is 5.92 Å². The van der Waals surface area contributed by atoms with Crippen LogP contribution < -0.4 is 16.0 Å².